The van der Waals surface area contributed by atoms with Crippen molar-refractivity contribution in [2.45, 2.75) is 25.4 Å². The van der Waals surface area contributed by atoms with Crippen LogP contribution in [0.5, 0.6) is 0 Å². The summed E-state index contributed by atoms with van der Waals surface area (Å²) in [6, 6.07) is 23.8. The minimum Gasteiger partial charge on any atom is -0.356 e. The molecule has 1 heterocycles. The molecule has 4 rings (SSSR count). The zero-order valence-electron chi connectivity index (χ0n) is 18.1. The third kappa shape index (κ3) is 5.79. The Kier molecular flexibility index (Phi) is 7.37. The fraction of sp³-hybridized carbons (Fsp3) is 0.192. The van der Waals surface area contributed by atoms with Gasteiger partial charge in [0.05, 0.1) is 40.4 Å². The molecule has 2 N–H and O–H groups in total. The van der Waals surface area contributed by atoms with E-state index in [9.17, 15) is 9.59 Å². The summed E-state index contributed by atoms with van der Waals surface area (Å²) >= 11 is 6.17. The van der Waals surface area contributed by atoms with Gasteiger partial charge in [0.25, 0.3) is 5.91 Å². The van der Waals surface area contributed by atoms with Gasteiger partial charge >= 0.3 is 0 Å². The van der Waals surface area contributed by atoms with Gasteiger partial charge in [-0.25, -0.2) is 4.98 Å². The number of imidazole rings is 1. The first-order chi connectivity index (χ1) is 16.1. The van der Waals surface area contributed by atoms with Crippen molar-refractivity contribution in [3.05, 3.63) is 101 Å². The monoisotopic (exact) mass is 460 g/mol. The van der Waals surface area contributed by atoms with E-state index in [1.165, 1.54) is 0 Å². The Balaban J connectivity index is 1.34. The van der Waals surface area contributed by atoms with E-state index < -0.39 is 6.04 Å². The van der Waals surface area contributed by atoms with Crippen molar-refractivity contribution < 1.29 is 9.59 Å². The number of aryl methyl sites for hydroxylation is 1. The van der Waals surface area contributed by atoms with Gasteiger partial charge in [-0.2, -0.15) is 0 Å². The van der Waals surface area contributed by atoms with Crippen LogP contribution in [-0.4, -0.2) is 27.9 Å². The molecular weight excluding hydrogens is 436 g/mol. The van der Waals surface area contributed by atoms with Gasteiger partial charge in [-0.3, -0.25) is 9.59 Å². The van der Waals surface area contributed by atoms with Crippen LogP contribution in [0.3, 0.4) is 0 Å². The van der Waals surface area contributed by atoms with E-state index in [-0.39, 0.29) is 18.2 Å². The highest BCUT2D eigenvalue weighted by atomic mass is 35.5. The van der Waals surface area contributed by atoms with Crippen LogP contribution in [0, 0.1) is 0 Å². The maximum atomic E-state index is 12.8. The number of nitrogens with zero attached hydrogens (tertiary/aromatic N) is 2. The van der Waals surface area contributed by atoms with Gasteiger partial charge < -0.3 is 15.2 Å². The van der Waals surface area contributed by atoms with Crippen LogP contribution >= 0.6 is 11.6 Å². The second kappa shape index (κ2) is 10.8. The minimum absolute atomic E-state index is 0.126. The van der Waals surface area contributed by atoms with Crippen molar-refractivity contribution in [3.8, 4) is 0 Å². The largest absolute Gasteiger partial charge is 0.356 e. The summed E-state index contributed by atoms with van der Waals surface area (Å²) in [7, 11) is 0. The number of carbonyl (C=O) groups is 2. The first kappa shape index (κ1) is 22.6. The highest BCUT2D eigenvalue weighted by Crippen LogP contribution is 2.20. The quantitative estimate of drug-likeness (QED) is 0.354. The third-order valence-electron chi connectivity index (χ3n) is 5.44. The van der Waals surface area contributed by atoms with Crippen LogP contribution in [0.4, 0.5) is 0 Å². The highest BCUT2D eigenvalue weighted by Gasteiger charge is 2.20. The van der Waals surface area contributed by atoms with E-state index >= 15 is 0 Å². The molecule has 0 spiro atoms. The van der Waals surface area contributed by atoms with Gasteiger partial charge in [-0.15, -0.1) is 0 Å². The summed E-state index contributed by atoms with van der Waals surface area (Å²) in [6.07, 6.45) is 2.73. The fourth-order valence-corrected chi connectivity index (χ4v) is 3.96. The summed E-state index contributed by atoms with van der Waals surface area (Å²) in [5.74, 6) is -0.437. The van der Waals surface area contributed by atoms with Gasteiger partial charge in [0, 0.05) is 13.1 Å². The second-order valence-corrected chi connectivity index (χ2v) is 8.16. The number of nitrogens with one attached hydrogen (secondary N) is 2. The lowest BCUT2D eigenvalue weighted by molar-refractivity contribution is -0.121. The number of halogens is 1. The first-order valence-corrected chi connectivity index (χ1v) is 11.3. The number of aromatic nitrogens is 2. The van der Waals surface area contributed by atoms with Gasteiger partial charge in [-0.05, 0) is 36.2 Å². The number of rotatable bonds is 9. The lowest BCUT2D eigenvalue weighted by Gasteiger charge is -2.19. The Bertz CT molecular complexity index is 1240. The number of amides is 2. The SMILES string of the molecule is O=C(CC(NC(=O)c1ccccc1Cl)c1ccccc1)NCCCn1cnc2ccccc21. The Morgan fingerprint density at radius 3 is 2.48 bits per heavy atom. The topological polar surface area (TPSA) is 76.0 Å². The van der Waals surface area contributed by atoms with Crippen LogP contribution in [0.2, 0.25) is 5.02 Å². The van der Waals surface area contributed by atoms with Crippen molar-refractivity contribution in [1.29, 1.82) is 0 Å². The number of hydrogen-bond donors (Lipinski definition) is 2. The molecule has 3 aromatic carbocycles. The maximum Gasteiger partial charge on any atom is 0.253 e. The van der Waals surface area contributed by atoms with Crippen molar-refractivity contribution in [2.24, 2.45) is 0 Å². The fourth-order valence-electron chi connectivity index (χ4n) is 3.74. The van der Waals surface area contributed by atoms with Crippen molar-refractivity contribution >= 4 is 34.4 Å². The lowest BCUT2D eigenvalue weighted by Crippen LogP contribution is -2.34. The van der Waals surface area contributed by atoms with E-state index in [0.717, 1.165) is 29.6 Å². The van der Waals surface area contributed by atoms with Gasteiger partial charge in [0.1, 0.15) is 0 Å². The number of hydrogen-bond acceptors (Lipinski definition) is 3. The van der Waals surface area contributed by atoms with Crippen LogP contribution in [0.25, 0.3) is 11.0 Å². The zero-order valence-corrected chi connectivity index (χ0v) is 18.8. The van der Waals surface area contributed by atoms with E-state index in [2.05, 4.69) is 20.2 Å². The summed E-state index contributed by atoms with van der Waals surface area (Å²) in [4.78, 5) is 29.9. The molecule has 0 aliphatic carbocycles. The molecule has 0 radical (unpaired) electrons. The van der Waals surface area contributed by atoms with E-state index in [4.69, 9.17) is 11.6 Å². The standard InChI is InChI=1S/C26H25ClN4O2/c27-21-12-5-4-11-20(21)26(33)30-23(19-9-2-1-3-10-19)17-25(32)28-15-8-16-31-18-29-22-13-6-7-14-24(22)31/h1-7,9-14,18,23H,8,15-17H2,(H,28,32)(H,30,33). The molecule has 1 aromatic heterocycles. The van der Waals surface area contributed by atoms with E-state index in [1.807, 2.05) is 60.9 Å². The molecule has 6 nitrogen and oxygen atoms in total. The minimum atomic E-state index is -0.465. The van der Waals surface area contributed by atoms with Crippen LogP contribution in [0.1, 0.15) is 34.8 Å². The van der Waals surface area contributed by atoms with Crippen molar-refractivity contribution in [1.82, 2.24) is 20.2 Å². The third-order valence-corrected chi connectivity index (χ3v) is 5.77. The summed E-state index contributed by atoms with van der Waals surface area (Å²) in [5.41, 5.74) is 3.28. The molecule has 0 saturated heterocycles. The van der Waals surface area contributed by atoms with Crippen LogP contribution < -0.4 is 10.6 Å². The molecule has 33 heavy (non-hydrogen) atoms. The highest BCUT2D eigenvalue weighted by molar-refractivity contribution is 6.33. The molecule has 1 atom stereocenters. The molecule has 0 aliphatic rings. The zero-order chi connectivity index (χ0) is 23.0. The summed E-state index contributed by atoms with van der Waals surface area (Å²) in [5, 5.41) is 6.30. The Morgan fingerprint density at radius 2 is 1.67 bits per heavy atom. The molecule has 168 valence electrons. The molecule has 2 amide bonds. The molecule has 4 aromatic rings. The van der Waals surface area contributed by atoms with Gasteiger partial charge in [0.15, 0.2) is 0 Å². The lowest BCUT2D eigenvalue weighted by atomic mass is 10.0. The number of benzene rings is 3. The molecular formula is C26H25ClN4O2. The summed E-state index contributed by atoms with van der Waals surface area (Å²) in [6.45, 7) is 1.29. The molecule has 0 fully saturated rings. The normalized spacial score (nSPS) is 11.8. The Morgan fingerprint density at radius 1 is 0.939 bits per heavy atom. The average Bonchev–Trinajstić information content (AvgIpc) is 3.25. The Hall–Kier alpha value is -3.64. The average molecular weight is 461 g/mol. The molecule has 0 aliphatic heterocycles. The van der Waals surface area contributed by atoms with E-state index in [1.54, 1.807) is 24.3 Å². The molecule has 0 saturated carbocycles. The second-order valence-electron chi connectivity index (χ2n) is 7.75. The predicted octanol–water partition coefficient (Wildman–Crippen LogP) is 4.76. The number of fused-ring (bicyclic) bond motifs is 1. The van der Waals surface area contributed by atoms with Crippen LogP contribution in [-0.2, 0) is 11.3 Å². The van der Waals surface area contributed by atoms with Gasteiger partial charge in [-0.1, -0.05) is 66.2 Å². The maximum absolute atomic E-state index is 12.8. The van der Waals surface area contributed by atoms with Crippen molar-refractivity contribution in [2.75, 3.05) is 6.54 Å². The number of carbonyl (C=O) groups excluding carboxylic acids is 2. The van der Waals surface area contributed by atoms with Gasteiger partial charge in [0.2, 0.25) is 5.91 Å². The first-order valence-electron chi connectivity index (χ1n) is 10.9. The van der Waals surface area contributed by atoms with E-state index in [0.29, 0.717) is 17.1 Å². The molecule has 0 bridgehead atoms. The Labute approximate surface area is 197 Å². The molecule has 7 heteroatoms. The van der Waals surface area contributed by atoms with Crippen LogP contribution in [0.15, 0.2) is 85.2 Å². The van der Waals surface area contributed by atoms with Crippen molar-refractivity contribution in [3.63, 3.8) is 0 Å². The predicted molar refractivity (Wildman–Crippen MR) is 130 cm³/mol. The smallest absolute Gasteiger partial charge is 0.253 e. The number of para-hydroxylation sites is 2. The summed E-state index contributed by atoms with van der Waals surface area (Å²) < 4.78 is 2.08. The molecule has 1 unspecified atom stereocenters.